The number of nitrogens with two attached hydrogens (primary N) is 1. The molecule has 0 aliphatic heterocycles. The molecule has 0 fully saturated rings. The monoisotopic (exact) mass is 228 g/mol. The van der Waals surface area contributed by atoms with Crippen LogP contribution in [0.3, 0.4) is 0 Å². The Morgan fingerprint density at radius 3 is 2.93 bits per heavy atom. The summed E-state index contributed by atoms with van der Waals surface area (Å²) in [4.78, 5) is 17.0. The van der Waals surface area contributed by atoms with Gasteiger partial charge in [-0.15, -0.1) is 11.3 Å². The quantitative estimate of drug-likeness (QED) is 0.338. The first kappa shape index (κ1) is 11.4. The van der Waals surface area contributed by atoms with Crippen LogP contribution in [-0.4, -0.2) is 39.9 Å². The third-order valence-electron chi connectivity index (χ3n) is 2.10. The van der Waals surface area contributed by atoms with E-state index in [9.17, 15) is 4.79 Å². The van der Waals surface area contributed by atoms with Crippen LogP contribution < -0.4 is 5.73 Å². The van der Waals surface area contributed by atoms with Crippen molar-refractivity contribution in [3.05, 3.63) is 16.6 Å². The summed E-state index contributed by atoms with van der Waals surface area (Å²) in [6, 6.07) is -0.468. The molecule has 7 heteroatoms. The van der Waals surface area contributed by atoms with Crippen LogP contribution in [0.1, 0.15) is 17.4 Å². The van der Waals surface area contributed by atoms with Gasteiger partial charge in [0.25, 0.3) is 5.91 Å². The molecule has 0 saturated carbocycles. The number of aromatic nitrogens is 1. The van der Waals surface area contributed by atoms with Gasteiger partial charge in [0, 0.05) is 12.4 Å². The molecular weight excluding hydrogens is 216 g/mol. The summed E-state index contributed by atoms with van der Waals surface area (Å²) in [5.74, 6) is -0.267. The summed E-state index contributed by atoms with van der Waals surface area (Å²) in [5.41, 5.74) is 7.34. The third-order valence-corrected chi connectivity index (χ3v) is 2.68. The number of carbonyl (C=O) groups excluding carboxylic acids is 1. The first-order chi connectivity index (χ1) is 7.07. The van der Waals surface area contributed by atoms with Gasteiger partial charge < -0.3 is 15.8 Å². The zero-order valence-electron chi connectivity index (χ0n) is 8.41. The smallest absolute Gasteiger partial charge is 0.273 e. The second-order valence-electron chi connectivity index (χ2n) is 2.99. The number of rotatable bonds is 3. The van der Waals surface area contributed by atoms with E-state index in [4.69, 9.17) is 10.9 Å². The van der Waals surface area contributed by atoms with E-state index in [1.807, 2.05) is 0 Å². The molecular formula is C8H12N4O2S. The van der Waals surface area contributed by atoms with Gasteiger partial charge in [-0.05, 0) is 6.92 Å². The van der Waals surface area contributed by atoms with Crippen molar-refractivity contribution in [2.24, 2.45) is 10.9 Å². The molecule has 0 aliphatic carbocycles. The maximum atomic E-state index is 11.7. The van der Waals surface area contributed by atoms with Gasteiger partial charge in [-0.25, -0.2) is 4.98 Å². The lowest BCUT2D eigenvalue weighted by atomic mass is 10.2. The van der Waals surface area contributed by atoms with Crippen LogP contribution in [0.15, 0.2) is 16.0 Å². The molecule has 1 rings (SSSR count). The zero-order valence-corrected chi connectivity index (χ0v) is 9.23. The van der Waals surface area contributed by atoms with Crippen LogP contribution in [0.2, 0.25) is 0 Å². The Morgan fingerprint density at radius 2 is 2.47 bits per heavy atom. The summed E-state index contributed by atoms with van der Waals surface area (Å²) >= 11 is 1.34. The van der Waals surface area contributed by atoms with Crippen molar-refractivity contribution in [1.29, 1.82) is 0 Å². The molecule has 1 aromatic heterocycles. The SMILES string of the molecule is CC(C(N)=NO)N(C)C(=O)c1cscn1. The normalized spacial score (nSPS) is 13.6. The fourth-order valence-corrected chi connectivity index (χ4v) is 1.48. The highest BCUT2D eigenvalue weighted by molar-refractivity contribution is 7.07. The molecule has 0 aliphatic rings. The maximum absolute atomic E-state index is 11.7. The van der Waals surface area contributed by atoms with E-state index in [1.54, 1.807) is 24.9 Å². The van der Waals surface area contributed by atoms with E-state index in [1.165, 1.54) is 16.2 Å². The van der Waals surface area contributed by atoms with Crippen molar-refractivity contribution in [2.75, 3.05) is 7.05 Å². The van der Waals surface area contributed by atoms with E-state index in [2.05, 4.69) is 10.1 Å². The average molecular weight is 228 g/mol. The van der Waals surface area contributed by atoms with Crippen LogP contribution in [0.25, 0.3) is 0 Å². The van der Waals surface area contributed by atoms with E-state index in [-0.39, 0.29) is 11.7 Å². The average Bonchev–Trinajstić information content (AvgIpc) is 2.78. The number of nitrogens with zero attached hydrogens (tertiary/aromatic N) is 3. The summed E-state index contributed by atoms with van der Waals surface area (Å²) in [5, 5.41) is 13.0. The number of thiazole rings is 1. The third kappa shape index (κ3) is 2.44. The van der Waals surface area contributed by atoms with Crippen LogP contribution in [0.4, 0.5) is 0 Å². The molecule has 1 heterocycles. The van der Waals surface area contributed by atoms with E-state index in [0.717, 1.165) is 0 Å². The van der Waals surface area contributed by atoms with Gasteiger partial charge >= 0.3 is 0 Å². The molecule has 6 nitrogen and oxygen atoms in total. The number of amides is 1. The first-order valence-corrected chi connectivity index (χ1v) is 5.15. The number of amidine groups is 1. The summed E-state index contributed by atoms with van der Waals surface area (Å²) < 4.78 is 0. The van der Waals surface area contributed by atoms with Gasteiger partial charge in [-0.3, -0.25) is 4.79 Å². The molecule has 0 saturated heterocycles. The Bertz CT molecular complexity index is 363. The van der Waals surface area contributed by atoms with Crippen LogP contribution in [0, 0.1) is 0 Å². The minimum absolute atomic E-state index is 0.0129. The first-order valence-electron chi connectivity index (χ1n) is 4.20. The Balaban J connectivity index is 2.77. The highest BCUT2D eigenvalue weighted by Gasteiger charge is 2.21. The molecule has 82 valence electrons. The van der Waals surface area contributed by atoms with Crippen molar-refractivity contribution < 1.29 is 10.0 Å². The Kier molecular flexibility index (Phi) is 3.62. The van der Waals surface area contributed by atoms with Gasteiger partial charge in [0.1, 0.15) is 5.69 Å². The number of hydrogen-bond acceptors (Lipinski definition) is 5. The lowest BCUT2D eigenvalue weighted by Crippen LogP contribution is -2.43. The van der Waals surface area contributed by atoms with Crippen molar-refractivity contribution in [3.8, 4) is 0 Å². The van der Waals surface area contributed by atoms with Gasteiger partial charge in [0.15, 0.2) is 5.84 Å². The number of hydrogen-bond donors (Lipinski definition) is 2. The molecule has 0 bridgehead atoms. The molecule has 0 radical (unpaired) electrons. The Morgan fingerprint density at radius 1 is 1.80 bits per heavy atom. The minimum Gasteiger partial charge on any atom is -0.409 e. The predicted octanol–water partition coefficient (Wildman–Crippen LogP) is 0.350. The highest BCUT2D eigenvalue weighted by Crippen LogP contribution is 2.07. The number of carbonyl (C=O) groups is 1. The number of oxime groups is 1. The minimum atomic E-state index is -0.468. The van der Waals surface area contributed by atoms with Crippen molar-refractivity contribution in [1.82, 2.24) is 9.88 Å². The van der Waals surface area contributed by atoms with Crippen molar-refractivity contribution in [3.63, 3.8) is 0 Å². The van der Waals surface area contributed by atoms with Crippen LogP contribution in [-0.2, 0) is 0 Å². The second kappa shape index (κ2) is 4.74. The lowest BCUT2D eigenvalue weighted by Gasteiger charge is -2.22. The second-order valence-corrected chi connectivity index (χ2v) is 3.71. The van der Waals surface area contributed by atoms with Crippen molar-refractivity contribution >= 4 is 23.1 Å². The summed E-state index contributed by atoms with van der Waals surface area (Å²) in [6.07, 6.45) is 0. The van der Waals surface area contributed by atoms with E-state index < -0.39 is 6.04 Å². The van der Waals surface area contributed by atoms with Crippen molar-refractivity contribution in [2.45, 2.75) is 13.0 Å². The van der Waals surface area contributed by atoms with Gasteiger partial charge in [-0.1, -0.05) is 5.16 Å². The summed E-state index contributed by atoms with van der Waals surface area (Å²) in [6.45, 7) is 1.67. The fraction of sp³-hybridized carbons (Fsp3) is 0.375. The van der Waals surface area contributed by atoms with Gasteiger partial charge in [0.05, 0.1) is 11.6 Å². The topological polar surface area (TPSA) is 91.8 Å². The van der Waals surface area contributed by atoms with Gasteiger partial charge in [-0.2, -0.15) is 0 Å². The molecule has 0 spiro atoms. The lowest BCUT2D eigenvalue weighted by molar-refractivity contribution is 0.0771. The molecule has 15 heavy (non-hydrogen) atoms. The predicted molar refractivity (Wildman–Crippen MR) is 57.1 cm³/mol. The molecule has 1 amide bonds. The van der Waals surface area contributed by atoms with Gasteiger partial charge in [0.2, 0.25) is 0 Å². The van der Waals surface area contributed by atoms with Crippen LogP contribution in [0.5, 0.6) is 0 Å². The standard InChI is InChI=1S/C8H12N4O2S/c1-5(7(9)11-14)12(2)8(13)6-3-15-4-10-6/h3-5,14H,1-2H3,(H2,9,11). The molecule has 3 N–H and O–H groups in total. The van der Waals surface area contributed by atoms with Crippen LogP contribution >= 0.6 is 11.3 Å². The largest absolute Gasteiger partial charge is 0.409 e. The fourth-order valence-electron chi connectivity index (χ4n) is 0.957. The van der Waals surface area contributed by atoms with E-state index in [0.29, 0.717) is 5.69 Å². The Labute approximate surface area is 91.0 Å². The molecule has 1 atom stereocenters. The molecule has 1 aromatic rings. The highest BCUT2D eigenvalue weighted by atomic mass is 32.1. The molecule has 1 unspecified atom stereocenters. The Hall–Kier alpha value is -1.63. The molecule has 0 aromatic carbocycles. The van der Waals surface area contributed by atoms with E-state index >= 15 is 0 Å². The zero-order chi connectivity index (χ0) is 11.4. The number of likely N-dealkylation sites (N-methyl/N-ethyl adjacent to an activating group) is 1. The summed E-state index contributed by atoms with van der Waals surface area (Å²) in [7, 11) is 1.57. The maximum Gasteiger partial charge on any atom is 0.273 e.